The molecule has 1 heterocycles. The Kier molecular flexibility index (Phi) is 4.52. The molecule has 1 aliphatic heterocycles. The van der Waals surface area contributed by atoms with E-state index < -0.39 is 29.6 Å². The molecule has 1 rings (SSSR count). The maximum absolute atomic E-state index is 11.2. The Morgan fingerprint density at radius 2 is 1.72 bits per heavy atom. The first-order chi connectivity index (χ1) is 8.40. The number of imide groups is 2. The van der Waals surface area contributed by atoms with E-state index >= 15 is 0 Å². The summed E-state index contributed by atoms with van der Waals surface area (Å²) in [5, 5.41) is 2.38. The Labute approximate surface area is 102 Å². The van der Waals surface area contributed by atoms with Crippen molar-refractivity contribution >= 4 is 29.6 Å². The van der Waals surface area contributed by atoms with Crippen molar-refractivity contribution in [1.29, 1.82) is 0 Å². The van der Waals surface area contributed by atoms with Crippen LogP contribution in [0.1, 0.15) is 32.6 Å². The Balaban J connectivity index is 2.34. The van der Waals surface area contributed by atoms with Crippen LogP contribution in [0, 0.1) is 0 Å². The SMILES string of the molecule is CC(=O)NC(=O)CCC(=O)ON1C(=O)CCC1=O. The van der Waals surface area contributed by atoms with E-state index in [9.17, 15) is 24.0 Å². The maximum Gasteiger partial charge on any atom is 0.333 e. The monoisotopic (exact) mass is 256 g/mol. The first-order valence-electron chi connectivity index (χ1n) is 5.27. The zero-order valence-corrected chi connectivity index (χ0v) is 9.73. The minimum atomic E-state index is -0.877. The van der Waals surface area contributed by atoms with Crippen molar-refractivity contribution in [2.75, 3.05) is 0 Å². The molecule has 8 heteroatoms. The van der Waals surface area contributed by atoms with Crippen molar-refractivity contribution in [1.82, 2.24) is 10.4 Å². The highest BCUT2D eigenvalue weighted by Crippen LogP contribution is 2.12. The van der Waals surface area contributed by atoms with Crippen LogP contribution in [-0.2, 0) is 28.8 Å². The third kappa shape index (κ3) is 3.96. The van der Waals surface area contributed by atoms with E-state index in [0.29, 0.717) is 5.06 Å². The van der Waals surface area contributed by atoms with Crippen LogP contribution < -0.4 is 5.32 Å². The van der Waals surface area contributed by atoms with Crippen molar-refractivity contribution in [3.8, 4) is 0 Å². The van der Waals surface area contributed by atoms with Gasteiger partial charge in [-0.25, -0.2) is 4.79 Å². The van der Waals surface area contributed by atoms with Crippen LogP contribution >= 0.6 is 0 Å². The lowest BCUT2D eigenvalue weighted by Gasteiger charge is -2.12. The van der Waals surface area contributed by atoms with Crippen molar-refractivity contribution in [3.63, 3.8) is 0 Å². The summed E-state index contributed by atoms with van der Waals surface area (Å²) in [6.07, 6.45) is -0.557. The Bertz CT molecular complexity index is 401. The molecule has 0 atom stereocenters. The van der Waals surface area contributed by atoms with E-state index in [1.54, 1.807) is 0 Å². The van der Waals surface area contributed by atoms with E-state index in [4.69, 9.17) is 0 Å². The number of nitrogens with zero attached hydrogens (tertiary/aromatic N) is 1. The topological polar surface area (TPSA) is 110 Å². The minimum Gasteiger partial charge on any atom is -0.330 e. The lowest BCUT2D eigenvalue weighted by molar-refractivity contribution is -0.197. The van der Waals surface area contributed by atoms with E-state index in [0.717, 1.165) is 6.92 Å². The van der Waals surface area contributed by atoms with Gasteiger partial charge in [0.25, 0.3) is 11.8 Å². The predicted octanol–water partition coefficient (Wildman–Crippen LogP) is -0.964. The van der Waals surface area contributed by atoms with E-state index in [2.05, 4.69) is 4.84 Å². The number of carbonyl (C=O) groups excluding carboxylic acids is 5. The molecule has 98 valence electrons. The zero-order valence-electron chi connectivity index (χ0n) is 9.73. The average Bonchev–Trinajstić information content (AvgIpc) is 2.57. The molecule has 0 aromatic heterocycles. The van der Waals surface area contributed by atoms with Crippen molar-refractivity contribution in [2.24, 2.45) is 0 Å². The zero-order chi connectivity index (χ0) is 13.7. The highest BCUT2D eigenvalue weighted by Gasteiger charge is 2.32. The Morgan fingerprint density at radius 1 is 1.17 bits per heavy atom. The third-order valence-electron chi connectivity index (χ3n) is 2.07. The first kappa shape index (κ1) is 13.8. The van der Waals surface area contributed by atoms with Crippen molar-refractivity contribution < 1.29 is 28.8 Å². The third-order valence-corrected chi connectivity index (χ3v) is 2.07. The second-order valence-electron chi connectivity index (χ2n) is 3.65. The van der Waals surface area contributed by atoms with Gasteiger partial charge < -0.3 is 4.84 Å². The van der Waals surface area contributed by atoms with Gasteiger partial charge in [0.1, 0.15) is 0 Å². The van der Waals surface area contributed by atoms with Gasteiger partial charge in [0.05, 0.1) is 6.42 Å². The highest BCUT2D eigenvalue weighted by molar-refractivity contribution is 6.01. The van der Waals surface area contributed by atoms with Gasteiger partial charge in [-0.1, -0.05) is 0 Å². The second kappa shape index (κ2) is 5.89. The minimum absolute atomic E-state index is 0.0108. The molecule has 1 saturated heterocycles. The molecule has 0 aliphatic carbocycles. The highest BCUT2D eigenvalue weighted by atomic mass is 16.7. The van der Waals surface area contributed by atoms with E-state index in [-0.39, 0.29) is 25.7 Å². The second-order valence-corrected chi connectivity index (χ2v) is 3.65. The molecule has 0 unspecified atom stereocenters. The smallest absolute Gasteiger partial charge is 0.330 e. The Morgan fingerprint density at radius 3 is 2.22 bits per heavy atom. The van der Waals surface area contributed by atoms with Crippen LogP contribution in [-0.4, -0.2) is 34.7 Å². The standard InChI is InChI=1S/C10H12N2O6/c1-6(13)11-7(14)2-5-10(17)18-12-8(15)3-4-9(12)16/h2-5H2,1H3,(H,11,13,14). The van der Waals surface area contributed by atoms with Crippen LogP contribution in [0.2, 0.25) is 0 Å². The van der Waals surface area contributed by atoms with Gasteiger partial charge in [-0.3, -0.25) is 24.5 Å². The normalized spacial score (nSPS) is 14.6. The molecule has 0 saturated carbocycles. The van der Waals surface area contributed by atoms with Crippen molar-refractivity contribution in [3.05, 3.63) is 0 Å². The number of hydrogen-bond donors (Lipinski definition) is 1. The fourth-order valence-corrected chi connectivity index (χ4v) is 1.28. The van der Waals surface area contributed by atoms with E-state index in [1.807, 2.05) is 5.32 Å². The van der Waals surface area contributed by atoms with Gasteiger partial charge in [0, 0.05) is 26.2 Å². The summed E-state index contributed by atoms with van der Waals surface area (Å²) in [5.74, 6) is -3.20. The fourth-order valence-electron chi connectivity index (χ4n) is 1.28. The molecule has 0 aromatic carbocycles. The van der Waals surface area contributed by atoms with E-state index in [1.165, 1.54) is 0 Å². The quantitative estimate of drug-likeness (QED) is 0.648. The molecule has 18 heavy (non-hydrogen) atoms. The molecule has 1 fully saturated rings. The molecule has 1 aliphatic rings. The maximum atomic E-state index is 11.2. The largest absolute Gasteiger partial charge is 0.333 e. The summed E-state index contributed by atoms with van der Waals surface area (Å²) in [4.78, 5) is 59.5. The summed E-state index contributed by atoms with van der Waals surface area (Å²) in [5.41, 5.74) is 0. The number of nitrogens with one attached hydrogen (secondary N) is 1. The predicted molar refractivity (Wildman–Crippen MR) is 55.2 cm³/mol. The number of amides is 4. The van der Waals surface area contributed by atoms with Crippen LogP contribution in [0.4, 0.5) is 0 Å². The van der Waals surface area contributed by atoms with Crippen LogP contribution in [0.25, 0.3) is 0 Å². The van der Waals surface area contributed by atoms with Crippen molar-refractivity contribution in [2.45, 2.75) is 32.6 Å². The van der Waals surface area contributed by atoms with Gasteiger partial charge in [0.15, 0.2) is 0 Å². The summed E-state index contributed by atoms with van der Waals surface area (Å²) in [7, 11) is 0. The summed E-state index contributed by atoms with van der Waals surface area (Å²) >= 11 is 0. The molecule has 4 amide bonds. The first-order valence-corrected chi connectivity index (χ1v) is 5.27. The molecule has 1 N–H and O–H groups in total. The summed E-state index contributed by atoms with van der Waals surface area (Å²) < 4.78 is 0. The molecule has 0 aromatic rings. The Hall–Kier alpha value is -2.25. The molecule has 0 bridgehead atoms. The molecular formula is C10H12N2O6. The number of carbonyl (C=O) groups is 5. The number of hydroxylamine groups is 2. The van der Waals surface area contributed by atoms with Gasteiger partial charge in [-0.05, 0) is 0 Å². The summed E-state index contributed by atoms with van der Waals surface area (Å²) in [6.45, 7) is 1.16. The fraction of sp³-hybridized carbons (Fsp3) is 0.500. The number of rotatable bonds is 4. The summed E-state index contributed by atoms with van der Waals surface area (Å²) in [6, 6.07) is 0. The average molecular weight is 256 g/mol. The molecule has 8 nitrogen and oxygen atoms in total. The molecule has 0 spiro atoms. The van der Waals surface area contributed by atoms with Gasteiger partial charge in [-0.2, -0.15) is 0 Å². The van der Waals surface area contributed by atoms with Gasteiger partial charge in [-0.15, -0.1) is 5.06 Å². The van der Waals surface area contributed by atoms with Crippen LogP contribution in [0.15, 0.2) is 0 Å². The lowest BCUT2D eigenvalue weighted by atomic mass is 10.3. The van der Waals surface area contributed by atoms with Crippen LogP contribution in [0.3, 0.4) is 0 Å². The van der Waals surface area contributed by atoms with Crippen LogP contribution in [0.5, 0.6) is 0 Å². The lowest BCUT2D eigenvalue weighted by Crippen LogP contribution is -2.33. The number of hydrogen-bond acceptors (Lipinski definition) is 6. The van der Waals surface area contributed by atoms with Gasteiger partial charge in [0.2, 0.25) is 11.8 Å². The molecule has 0 radical (unpaired) electrons. The van der Waals surface area contributed by atoms with Gasteiger partial charge >= 0.3 is 5.97 Å². The molecular weight excluding hydrogens is 244 g/mol.